The molecule has 0 saturated heterocycles. The molecule has 0 aromatic heterocycles. The SMILES string of the molecule is CC(C)CCN1C(=O)C(=NN(C)C)c2ccccc21. The first-order chi connectivity index (χ1) is 9.00. The van der Waals surface area contributed by atoms with E-state index in [9.17, 15) is 4.79 Å². The Kier molecular flexibility index (Phi) is 3.88. The van der Waals surface area contributed by atoms with Crippen LogP contribution < -0.4 is 4.90 Å². The Morgan fingerprint density at radius 2 is 1.95 bits per heavy atom. The molecule has 0 atom stereocenters. The second-order valence-corrected chi connectivity index (χ2v) is 5.45. The third kappa shape index (κ3) is 2.78. The van der Waals surface area contributed by atoms with E-state index in [1.165, 1.54) is 0 Å². The molecule has 1 heterocycles. The summed E-state index contributed by atoms with van der Waals surface area (Å²) >= 11 is 0. The summed E-state index contributed by atoms with van der Waals surface area (Å²) in [5.41, 5.74) is 2.46. The zero-order valence-electron chi connectivity index (χ0n) is 12.1. The monoisotopic (exact) mass is 259 g/mol. The highest BCUT2D eigenvalue weighted by atomic mass is 16.2. The van der Waals surface area contributed by atoms with E-state index in [-0.39, 0.29) is 5.91 Å². The third-order valence-electron chi connectivity index (χ3n) is 3.13. The van der Waals surface area contributed by atoms with E-state index in [1.54, 1.807) is 5.01 Å². The van der Waals surface area contributed by atoms with E-state index in [4.69, 9.17) is 0 Å². The Bertz CT molecular complexity index is 506. The van der Waals surface area contributed by atoms with Crippen molar-refractivity contribution >= 4 is 17.3 Å². The maximum absolute atomic E-state index is 12.5. The van der Waals surface area contributed by atoms with Gasteiger partial charge in [-0.3, -0.25) is 4.79 Å². The van der Waals surface area contributed by atoms with E-state index >= 15 is 0 Å². The molecule has 0 spiro atoms. The molecule has 4 heteroatoms. The lowest BCUT2D eigenvalue weighted by molar-refractivity contribution is -0.112. The Morgan fingerprint density at radius 1 is 1.26 bits per heavy atom. The highest BCUT2D eigenvalue weighted by Crippen LogP contribution is 2.29. The van der Waals surface area contributed by atoms with Crippen molar-refractivity contribution in [1.82, 2.24) is 5.01 Å². The molecule has 0 aliphatic carbocycles. The van der Waals surface area contributed by atoms with Gasteiger partial charge in [-0.15, -0.1) is 0 Å². The Balaban J connectivity index is 2.35. The second-order valence-electron chi connectivity index (χ2n) is 5.45. The fraction of sp³-hybridized carbons (Fsp3) is 0.467. The number of anilines is 1. The quantitative estimate of drug-likeness (QED) is 0.778. The van der Waals surface area contributed by atoms with Crippen molar-refractivity contribution in [3.8, 4) is 0 Å². The van der Waals surface area contributed by atoms with Crippen LogP contribution in [-0.4, -0.2) is 37.3 Å². The van der Waals surface area contributed by atoms with Gasteiger partial charge in [-0.25, -0.2) is 0 Å². The first-order valence-corrected chi connectivity index (χ1v) is 6.68. The molecular formula is C15H21N3O. The van der Waals surface area contributed by atoms with Crippen LogP contribution in [0.1, 0.15) is 25.8 Å². The van der Waals surface area contributed by atoms with Gasteiger partial charge in [0.2, 0.25) is 0 Å². The van der Waals surface area contributed by atoms with E-state index in [1.807, 2.05) is 43.3 Å². The zero-order valence-corrected chi connectivity index (χ0v) is 12.1. The van der Waals surface area contributed by atoms with Crippen molar-refractivity contribution in [2.75, 3.05) is 25.5 Å². The van der Waals surface area contributed by atoms with Gasteiger partial charge in [0, 0.05) is 26.2 Å². The first kappa shape index (κ1) is 13.6. The number of fused-ring (bicyclic) bond motifs is 1. The predicted molar refractivity (Wildman–Crippen MR) is 78.5 cm³/mol. The number of amides is 1. The number of carbonyl (C=O) groups is 1. The van der Waals surface area contributed by atoms with Crippen molar-refractivity contribution < 1.29 is 4.79 Å². The fourth-order valence-corrected chi connectivity index (χ4v) is 2.17. The second kappa shape index (κ2) is 5.43. The van der Waals surface area contributed by atoms with Crippen LogP contribution in [-0.2, 0) is 4.79 Å². The van der Waals surface area contributed by atoms with Gasteiger partial charge < -0.3 is 9.91 Å². The summed E-state index contributed by atoms with van der Waals surface area (Å²) in [6.07, 6.45) is 0.995. The van der Waals surface area contributed by atoms with Crippen LogP contribution in [0.15, 0.2) is 29.4 Å². The van der Waals surface area contributed by atoms with Gasteiger partial charge in [-0.05, 0) is 18.4 Å². The summed E-state index contributed by atoms with van der Waals surface area (Å²) in [6, 6.07) is 7.87. The van der Waals surface area contributed by atoms with E-state index in [0.717, 1.165) is 24.2 Å². The van der Waals surface area contributed by atoms with Gasteiger partial charge in [0.25, 0.3) is 5.91 Å². The number of rotatable bonds is 4. The molecule has 0 N–H and O–H groups in total. The molecule has 1 aromatic carbocycles. The average Bonchev–Trinajstić information content (AvgIpc) is 2.60. The fourth-order valence-electron chi connectivity index (χ4n) is 2.17. The zero-order chi connectivity index (χ0) is 14.0. The standard InChI is InChI=1S/C15H21N3O/c1-11(2)9-10-18-13-8-6-5-7-12(13)14(15(18)19)16-17(3)4/h5-8,11H,9-10H2,1-4H3. The molecule has 1 aliphatic heterocycles. The van der Waals surface area contributed by atoms with Gasteiger partial charge in [-0.2, -0.15) is 5.10 Å². The van der Waals surface area contributed by atoms with Gasteiger partial charge >= 0.3 is 0 Å². The van der Waals surface area contributed by atoms with Gasteiger partial charge in [0.1, 0.15) is 0 Å². The minimum absolute atomic E-state index is 0.00977. The molecule has 1 aliphatic rings. The van der Waals surface area contributed by atoms with Crippen LogP contribution >= 0.6 is 0 Å². The largest absolute Gasteiger partial charge is 0.306 e. The molecule has 19 heavy (non-hydrogen) atoms. The van der Waals surface area contributed by atoms with Crippen LogP contribution in [0.3, 0.4) is 0 Å². The minimum Gasteiger partial charge on any atom is -0.306 e. The van der Waals surface area contributed by atoms with Crippen molar-refractivity contribution in [3.05, 3.63) is 29.8 Å². The van der Waals surface area contributed by atoms with Gasteiger partial charge in [0.05, 0.1) is 5.69 Å². The first-order valence-electron chi connectivity index (χ1n) is 6.68. The number of para-hydroxylation sites is 1. The summed E-state index contributed by atoms with van der Waals surface area (Å²) in [5, 5.41) is 6.01. The summed E-state index contributed by atoms with van der Waals surface area (Å²) in [7, 11) is 3.67. The number of hydrazone groups is 1. The van der Waals surface area contributed by atoms with Gasteiger partial charge in [-0.1, -0.05) is 32.0 Å². The number of hydrogen-bond acceptors (Lipinski definition) is 3. The summed E-state index contributed by atoms with van der Waals surface area (Å²) in [4.78, 5) is 14.3. The number of hydrogen-bond donors (Lipinski definition) is 0. The Morgan fingerprint density at radius 3 is 2.58 bits per heavy atom. The lowest BCUT2D eigenvalue weighted by Crippen LogP contribution is -2.32. The number of nitrogens with zero attached hydrogens (tertiary/aromatic N) is 3. The Hall–Kier alpha value is -1.84. The normalized spacial score (nSPS) is 16.4. The lowest BCUT2D eigenvalue weighted by Gasteiger charge is -2.17. The average molecular weight is 259 g/mol. The Labute approximate surface area is 114 Å². The maximum Gasteiger partial charge on any atom is 0.279 e. The molecule has 0 saturated carbocycles. The van der Waals surface area contributed by atoms with E-state index in [2.05, 4.69) is 18.9 Å². The van der Waals surface area contributed by atoms with E-state index < -0.39 is 0 Å². The number of benzene rings is 1. The van der Waals surface area contributed by atoms with Crippen LogP contribution in [0.25, 0.3) is 0 Å². The highest BCUT2D eigenvalue weighted by Gasteiger charge is 2.33. The van der Waals surface area contributed by atoms with Crippen LogP contribution in [0, 0.1) is 5.92 Å². The molecule has 1 amide bonds. The molecule has 0 bridgehead atoms. The maximum atomic E-state index is 12.5. The molecule has 1 aromatic rings. The topological polar surface area (TPSA) is 35.9 Å². The summed E-state index contributed by atoms with van der Waals surface area (Å²) in [5.74, 6) is 0.588. The highest BCUT2D eigenvalue weighted by molar-refractivity contribution is 6.54. The smallest absolute Gasteiger partial charge is 0.279 e. The van der Waals surface area contributed by atoms with E-state index in [0.29, 0.717) is 11.6 Å². The van der Waals surface area contributed by atoms with Crippen molar-refractivity contribution in [1.29, 1.82) is 0 Å². The van der Waals surface area contributed by atoms with Crippen molar-refractivity contribution in [2.45, 2.75) is 20.3 Å². The molecule has 4 nitrogen and oxygen atoms in total. The minimum atomic E-state index is 0.00977. The summed E-state index contributed by atoms with van der Waals surface area (Å²) in [6.45, 7) is 5.09. The molecule has 2 rings (SSSR count). The lowest BCUT2D eigenvalue weighted by atomic mass is 10.1. The molecule has 0 unspecified atom stereocenters. The molecule has 0 fully saturated rings. The van der Waals surface area contributed by atoms with Crippen LogP contribution in [0.2, 0.25) is 0 Å². The summed E-state index contributed by atoms with van der Waals surface area (Å²) < 4.78 is 0. The van der Waals surface area contributed by atoms with Crippen molar-refractivity contribution in [3.63, 3.8) is 0 Å². The van der Waals surface area contributed by atoms with Crippen molar-refractivity contribution in [2.24, 2.45) is 11.0 Å². The molecule has 0 radical (unpaired) electrons. The molecule has 102 valence electrons. The predicted octanol–water partition coefficient (Wildman–Crippen LogP) is 2.34. The van der Waals surface area contributed by atoms with Crippen LogP contribution in [0.4, 0.5) is 5.69 Å². The third-order valence-corrected chi connectivity index (χ3v) is 3.13. The van der Waals surface area contributed by atoms with Gasteiger partial charge in [0.15, 0.2) is 5.71 Å². The molecular weight excluding hydrogens is 238 g/mol. The number of carbonyl (C=O) groups excluding carboxylic acids is 1. The van der Waals surface area contributed by atoms with Crippen LogP contribution in [0.5, 0.6) is 0 Å².